The van der Waals surface area contributed by atoms with E-state index in [1.807, 2.05) is 27.7 Å². The fourth-order valence-corrected chi connectivity index (χ4v) is 1.58. The third-order valence-corrected chi connectivity index (χ3v) is 4.59. The molecule has 3 nitrogen and oxygen atoms in total. The highest BCUT2D eigenvalue weighted by atomic mass is 79.9. The molecule has 0 fully saturated rings. The Labute approximate surface area is 121 Å². The summed E-state index contributed by atoms with van der Waals surface area (Å²) in [7, 11) is 0. The van der Waals surface area contributed by atoms with Gasteiger partial charge in [0.25, 0.3) is 0 Å². The maximum atomic E-state index is 12.2. The van der Waals surface area contributed by atoms with Crippen molar-refractivity contribution in [3.63, 3.8) is 0 Å². The predicted molar refractivity (Wildman–Crippen MR) is 79.8 cm³/mol. The SMILES string of the molecule is CC(C)(N)C(C)(C)C(=O)Nc1ccc(Br)c(Cl)c1. The normalized spacial score (nSPS) is 12.4. The first kappa shape index (κ1) is 15.5. The molecule has 0 atom stereocenters. The summed E-state index contributed by atoms with van der Waals surface area (Å²) in [5.41, 5.74) is 5.38. The van der Waals surface area contributed by atoms with Crippen molar-refractivity contribution < 1.29 is 4.79 Å². The standard InChI is InChI=1S/C13H18BrClN2O/c1-12(2,13(3,4)16)11(18)17-8-5-6-9(14)10(15)7-8/h5-7H,16H2,1-4H3,(H,17,18). The van der Waals surface area contributed by atoms with Crippen LogP contribution >= 0.6 is 27.5 Å². The van der Waals surface area contributed by atoms with Crippen molar-refractivity contribution in [2.75, 3.05) is 5.32 Å². The van der Waals surface area contributed by atoms with E-state index in [0.717, 1.165) is 4.47 Å². The van der Waals surface area contributed by atoms with Crippen LogP contribution in [0.3, 0.4) is 0 Å². The molecule has 5 heteroatoms. The van der Waals surface area contributed by atoms with Gasteiger partial charge in [-0.2, -0.15) is 0 Å². The third kappa shape index (κ3) is 3.25. The quantitative estimate of drug-likeness (QED) is 0.884. The average Bonchev–Trinajstić information content (AvgIpc) is 2.21. The van der Waals surface area contributed by atoms with Crippen molar-refractivity contribution in [1.82, 2.24) is 0 Å². The second-order valence-corrected chi connectivity index (χ2v) is 6.69. The van der Waals surface area contributed by atoms with Crippen molar-refractivity contribution in [1.29, 1.82) is 0 Å². The average molecular weight is 334 g/mol. The van der Waals surface area contributed by atoms with Gasteiger partial charge in [0, 0.05) is 15.7 Å². The first-order chi connectivity index (χ1) is 8.05. The van der Waals surface area contributed by atoms with E-state index in [1.54, 1.807) is 18.2 Å². The maximum Gasteiger partial charge on any atom is 0.231 e. The lowest BCUT2D eigenvalue weighted by atomic mass is 9.74. The first-order valence-corrected chi connectivity index (χ1v) is 6.78. The number of carbonyl (C=O) groups excluding carboxylic acids is 1. The van der Waals surface area contributed by atoms with Crippen molar-refractivity contribution in [3.05, 3.63) is 27.7 Å². The van der Waals surface area contributed by atoms with Gasteiger partial charge in [0.2, 0.25) is 5.91 Å². The van der Waals surface area contributed by atoms with Crippen molar-refractivity contribution >= 4 is 39.1 Å². The molecule has 1 aromatic rings. The zero-order chi connectivity index (χ0) is 14.1. The summed E-state index contributed by atoms with van der Waals surface area (Å²) in [6.45, 7) is 7.31. The number of carbonyl (C=O) groups is 1. The molecule has 0 spiro atoms. The lowest BCUT2D eigenvalue weighted by Gasteiger charge is -2.36. The van der Waals surface area contributed by atoms with Gasteiger partial charge in [0.15, 0.2) is 0 Å². The van der Waals surface area contributed by atoms with Gasteiger partial charge in [0.05, 0.1) is 10.4 Å². The Hall–Kier alpha value is -0.580. The van der Waals surface area contributed by atoms with Crippen molar-refractivity contribution in [2.24, 2.45) is 11.1 Å². The number of amides is 1. The van der Waals surface area contributed by atoms with Crippen LogP contribution in [0.2, 0.25) is 5.02 Å². The molecular weight excluding hydrogens is 316 g/mol. The minimum Gasteiger partial charge on any atom is -0.326 e. The largest absolute Gasteiger partial charge is 0.326 e. The number of halogens is 2. The molecule has 1 amide bonds. The van der Waals surface area contributed by atoms with E-state index in [0.29, 0.717) is 10.7 Å². The molecule has 18 heavy (non-hydrogen) atoms. The molecule has 0 saturated carbocycles. The van der Waals surface area contributed by atoms with Gasteiger partial charge in [-0.3, -0.25) is 4.79 Å². The Kier molecular flexibility index (Phi) is 4.47. The van der Waals surface area contributed by atoms with Gasteiger partial charge in [-0.25, -0.2) is 0 Å². The summed E-state index contributed by atoms with van der Waals surface area (Å²) in [5.74, 6) is -0.131. The van der Waals surface area contributed by atoms with Gasteiger partial charge < -0.3 is 11.1 Å². The minimum absolute atomic E-state index is 0.131. The summed E-state index contributed by atoms with van der Waals surface area (Å²) < 4.78 is 0.792. The van der Waals surface area contributed by atoms with Crippen molar-refractivity contribution in [2.45, 2.75) is 33.2 Å². The van der Waals surface area contributed by atoms with Gasteiger partial charge in [-0.15, -0.1) is 0 Å². The lowest BCUT2D eigenvalue weighted by molar-refractivity contribution is -0.126. The molecule has 1 rings (SSSR count). The monoisotopic (exact) mass is 332 g/mol. The highest BCUT2D eigenvalue weighted by Gasteiger charge is 2.40. The summed E-state index contributed by atoms with van der Waals surface area (Å²) in [5, 5.41) is 3.39. The summed E-state index contributed by atoms with van der Waals surface area (Å²) >= 11 is 9.28. The van der Waals surface area contributed by atoms with Crippen LogP contribution in [0.5, 0.6) is 0 Å². The molecule has 0 aliphatic heterocycles. The predicted octanol–water partition coefficient (Wildman–Crippen LogP) is 3.80. The van der Waals surface area contributed by atoms with E-state index in [-0.39, 0.29) is 5.91 Å². The first-order valence-electron chi connectivity index (χ1n) is 5.61. The smallest absolute Gasteiger partial charge is 0.231 e. The van der Waals surface area contributed by atoms with Crippen molar-refractivity contribution in [3.8, 4) is 0 Å². The second kappa shape index (κ2) is 5.19. The lowest BCUT2D eigenvalue weighted by Crippen LogP contribution is -2.53. The molecule has 0 aliphatic rings. The van der Waals surface area contributed by atoms with Crippen LogP contribution in [-0.2, 0) is 4.79 Å². The van der Waals surface area contributed by atoms with Gasteiger partial charge in [-0.1, -0.05) is 11.6 Å². The minimum atomic E-state index is -0.688. The Bertz CT molecular complexity index is 467. The molecule has 1 aromatic carbocycles. The molecule has 0 saturated heterocycles. The molecule has 0 unspecified atom stereocenters. The van der Waals surface area contributed by atoms with Gasteiger partial charge in [0.1, 0.15) is 0 Å². The Morgan fingerprint density at radius 2 is 1.89 bits per heavy atom. The van der Waals surface area contributed by atoms with Gasteiger partial charge in [-0.05, 0) is 61.8 Å². The number of nitrogens with one attached hydrogen (secondary N) is 1. The molecular formula is C13H18BrClN2O. The van der Waals surface area contributed by atoms with E-state index in [2.05, 4.69) is 21.2 Å². The highest BCUT2D eigenvalue weighted by molar-refractivity contribution is 9.10. The van der Waals surface area contributed by atoms with Crippen LogP contribution < -0.4 is 11.1 Å². The topological polar surface area (TPSA) is 55.1 Å². The summed E-state index contributed by atoms with van der Waals surface area (Å²) in [6, 6.07) is 5.27. The Morgan fingerprint density at radius 3 is 2.33 bits per heavy atom. The molecule has 0 bridgehead atoms. The van der Waals surface area contributed by atoms with Crippen LogP contribution in [0.25, 0.3) is 0 Å². The van der Waals surface area contributed by atoms with E-state index in [4.69, 9.17) is 17.3 Å². The van der Waals surface area contributed by atoms with Crippen LogP contribution in [0.4, 0.5) is 5.69 Å². The maximum absolute atomic E-state index is 12.2. The van der Waals surface area contributed by atoms with E-state index >= 15 is 0 Å². The Morgan fingerprint density at radius 1 is 1.33 bits per heavy atom. The number of anilines is 1. The zero-order valence-electron chi connectivity index (χ0n) is 11.0. The second-order valence-electron chi connectivity index (χ2n) is 5.43. The molecule has 0 heterocycles. The molecule has 0 aliphatic carbocycles. The molecule has 100 valence electrons. The number of nitrogens with two attached hydrogens (primary N) is 1. The van der Waals surface area contributed by atoms with Crippen LogP contribution in [0.1, 0.15) is 27.7 Å². The van der Waals surface area contributed by atoms with E-state index in [1.165, 1.54) is 0 Å². The van der Waals surface area contributed by atoms with E-state index < -0.39 is 11.0 Å². The fraction of sp³-hybridized carbons (Fsp3) is 0.462. The zero-order valence-corrected chi connectivity index (χ0v) is 13.3. The summed E-state index contributed by atoms with van der Waals surface area (Å²) in [4.78, 5) is 12.2. The molecule has 0 radical (unpaired) electrons. The number of benzene rings is 1. The molecule has 0 aromatic heterocycles. The fourth-order valence-electron chi connectivity index (χ4n) is 1.15. The third-order valence-electron chi connectivity index (χ3n) is 3.36. The van der Waals surface area contributed by atoms with Crippen LogP contribution in [0.15, 0.2) is 22.7 Å². The molecule has 3 N–H and O–H groups in total. The van der Waals surface area contributed by atoms with Crippen LogP contribution in [-0.4, -0.2) is 11.4 Å². The van der Waals surface area contributed by atoms with Crippen LogP contribution in [0, 0.1) is 5.41 Å². The number of rotatable bonds is 3. The number of hydrogen-bond donors (Lipinski definition) is 2. The Balaban J connectivity index is 2.91. The highest BCUT2D eigenvalue weighted by Crippen LogP contribution is 2.31. The number of hydrogen-bond acceptors (Lipinski definition) is 2. The van der Waals surface area contributed by atoms with E-state index in [9.17, 15) is 4.79 Å². The van der Waals surface area contributed by atoms with Gasteiger partial charge >= 0.3 is 0 Å². The summed E-state index contributed by atoms with van der Waals surface area (Å²) in [6.07, 6.45) is 0.